The van der Waals surface area contributed by atoms with Gasteiger partial charge >= 0.3 is 18.1 Å². The predicted molar refractivity (Wildman–Crippen MR) is 100 cm³/mol. The van der Waals surface area contributed by atoms with Crippen LogP contribution in [0, 0.1) is 5.92 Å². The Kier molecular flexibility index (Phi) is 9.42. The first-order valence-electron chi connectivity index (χ1n) is 9.09. The molecule has 29 heavy (non-hydrogen) atoms. The molecule has 0 radical (unpaired) electrons. The molecule has 0 spiro atoms. The lowest BCUT2D eigenvalue weighted by molar-refractivity contribution is -0.192. The summed E-state index contributed by atoms with van der Waals surface area (Å²) in [6.07, 6.45) is -1.32. The molecule has 1 aliphatic heterocycles. The zero-order valence-electron chi connectivity index (χ0n) is 16.3. The molecule has 1 saturated heterocycles. The van der Waals surface area contributed by atoms with E-state index in [-0.39, 0.29) is 17.8 Å². The number of alkyl halides is 3. The van der Waals surface area contributed by atoms with Crippen molar-refractivity contribution in [1.29, 1.82) is 0 Å². The standard InChI is InChI=1S/C15H25N5O2.C2HF3O2/c1-3-4-7-17-12-10-13(19-15(16)18-12)20-8-5-11(6-9-20)14(21)22-2;3-2(4,5)1(6)7/h10-11H,3-9H2,1-2H3,(H3,16,17,18,19);(H,6,7). The first kappa shape index (κ1) is 24.2. The van der Waals surface area contributed by atoms with E-state index in [9.17, 15) is 18.0 Å². The zero-order valence-corrected chi connectivity index (χ0v) is 16.3. The number of methoxy groups -OCH3 is 1. The number of halogens is 3. The van der Waals surface area contributed by atoms with Crippen molar-refractivity contribution in [2.45, 2.75) is 38.8 Å². The summed E-state index contributed by atoms with van der Waals surface area (Å²) in [5.41, 5.74) is 5.80. The number of unbranched alkanes of at least 4 members (excludes halogenated alkanes) is 1. The minimum Gasteiger partial charge on any atom is -0.475 e. The molecule has 4 N–H and O–H groups in total. The lowest BCUT2D eigenvalue weighted by atomic mass is 9.97. The largest absolute Gasteiger partial charge is 0.490 e. The first-order valence-corrected chi connectivity index (χ1v) is 9.09. The number of carboxylic acid groups (broad SMARTS) is 1. The van der Waals surface area contributed by atoms with E-state index in [1.807, 2.05) is 6.07 Å². The van der Waals surface area contributed by atoms with Crippen LogP contribution in [0.3, 0.4) is 0 Å². The third-order valence-corrected chi connectivity index (χ3v) is 4.16. The van der Waals surface area contributed by atoms with Gasteiger partial charge in [-0.05, 0) is 19.3 Å². The minimum atomic E-state index is -5.08. The highest BCUT2D eigenvalue weighted by Gasteiger charge is 2.38. The molecule has 0 atom stereocenters. The SMILES string of the molecule is CCCCNc1cc(N2CCC(C(=O)OC)CC2)nc(N)n1.O=C(O)C(F)(F)F. The van der Waals surface area contributed by atoms with Crippen molar-refractivity contribution in [1.82, 2.24) is 9.97 Å². The van der Waals surface area contributed by atoms with E-state index in [2.05, 4.69) is 27.1 Å². The van der Waals surface area contributed by atoms with Crippen LogP contribution in [0.5, 0.6) is 0 Å². The van der Waals surface area contributed by atoms with Crippen LogP contribution < -0.4 is 16.0 Å². The second-order valence-corrected chi connectivity index (χ2v) is 6.34. The molecular formula is C17H26F3N5O4. The number of nitrogen functional groups attached to an aromatic ring is 1. The molecule has 9 nitrogen and oxygen atoms in total. The van der Waals surface area contributed by atoms with Gasteiger partial charge in [0.25, 0.3) is 0 Å². The van der Waals surface area contributed by atoms with Crippen LogP contribution in [-0.4, -0.2) is 59.9 Å². The van der Waals surface area contributed by atoms with E-state index in [4.69, 9.17) is 20.4 Å². The van der Waals surface area contributed by atoms with Crippen LogP contribution in [0.2, 0.25) is 0 Å². The van der Waals surface area contributed by atoms with E-state index in [1.54, 1.807) is 0 Å². The van der Waals surface area contributed by atoms with E-state index >= 15 is 0 Å². The second kappa shape index (κ2) is 11.3. The van der Waals surface area contributed by atoms with Crippen LogP contribution >= 0.6 is 0 Å². The van der Waals surface area contributed by atoms with Gasteiger partial charge in [-0.1, -0.05) is 13.3 Å². The Hall–Kier alpha value is -2.79. The number of rotatable bonds is 6. The number of aromatic nitrogens is 2. The van der Waals surface area contributed by atoms with Crippen molar-refractivity contribution in [3.05, 3.63) is 6.07 Å². The second-order valence-electron chi connectivity index (χ2n) is 6.34. The van der Waals surface area contributed by atoms with Gasteiger partial charge in [0.05, 0.1) is 13.0 Å². The Balaban J connectivity index is 0.000000516. The van der Waals surface area contributed by atoms with E-state index in [0.717, 1.165) is 57.0 Å². The molecule has 2 heterocycles. The molecule has 164 valence electrons. The molecule has 12 heteroatoms. The number of aliphatic carboxylic acids is 1. The number of nitrogens with two attached hydrogens (primary N) is 1. The molecule has 0 saturated carbocycles. The maximum Gasteiger partial charge on any atom is 0.490 e. The molecule has 1 aromatic heterocycles. The van der Waals surface area contributed by atoms with Gasteiger partial charge < -0.3 is 25.8 Å². The van der Waals surface area contributed by atoms with Crippen LogP contribution in [0.1, 0.15) is 32.6 Å². The van der Waals surface area contributed by atoms with Gasteiger partial charge in [0, 0.05) is 25.7 Å². The first-order chi connectivity index (χ1) is 13.6. The highest BCUT2D eigenvalue weighted by atomic mass is 19.4. The number of carbonyl (C=O) groups is 2. The molecular weight excluding hydrogens is 395 g/mol. The molecule has 0 bridgehead atoms. The average Bonchev–Trinajstić information content (AvgIpc) is 2.67. The summed E-state index contributed by atoms with van der Waals surface area (Å²) >= 11 is 0. The summed E-state index contributed by atoms with van der Waals surface area (Å²) in [5, 5.41) is 10.4. The van der Waals surface area contributed by atoms with E-state index in [1.165, 1.54) is 7.11 Å². The molecule has 1 aliphatic rings. The van der Waals surface area contributed by atoms with Crippen molar-refractivity contribution >= 4 is 29.5 Å². The molecule has 1 aromatic rings. The molecule has 1 fully saturated rings. The predicted octanol–water partition coefficient (Wildman–Crippen LogP) is 2.29. The van der Waals surface area contributed by atoms with Crippen molar-refractivity contribution in [3.63, 3.8) is 0 Å². The Bertz CT molecular complexity index is 680. The monoisotopic (exact) mass is 421 g/mol. The minimum absolute atomic E-state index is 0.0115. The van der Waals surface area contributed by atoms with Crippen molar-refractivity contribution in [3.8, 4) is 0 Å². The normalized spacial score (nSPS) is 14.6. The summed E-state index contributed by atoms with van der Waals surface area (Å²) in [5.74, 6) is -1.05. The van der Waals surface area contributed by atoms with Crippen molar-refractivity contribution in [2.24, 2.45) is 5.92 Å². The summed E-state index contributed by atoms with van der Waals surface area (Å²) in [7, 11) is 1.44. The van der Waals surface area contributed by atoms with Gasteiger partial charge in [-0.3, -0.25) is 4.79 Å². The van der Waals surface area contributed by atoms with Gasteiger partial charge in [-0.15, -0.1) is 0 Å². The number of nitrogens with one attached hydrogen (secondary N) is 1. The number of hydrogen-bond acceptors (Lipinski definition) is 8. The maximum absolute atomic E-state index is 11.6. The quantitative estimate of drug-likeness (QED) is 0.468. The molecule has 0 amide bonds. The molecule has 0 unspecified atom stereocenters. The summed E-state index contributed by atoms with van der Waals surface area (Å²) < 4.78 is 36.5. The summed E-state index contributed by atoms with van der Waals surface area (Å²) in [4.78, 5) is 31.1. The third kappa shape index (κ3) is 8.40. The van der Waals surface area contributed by atoms with Crippen LogP contribution in [0.4, 0.5) is 30.8 Å². The number of esters is 1. The van der Waals surface area contributed by atoms with Crippen LogP contribution in [0.15, 0.2) is 6.07 Å². The van der Waals surface area contributed by atoms with Crippen LogP contribution in [-0.2, 0) is 14.3 Å². The highest BCUT2D eigenvalue weighted by molar-refractivity contribution is 5.73. The number of nitrogens with zero attached hydrogens (tertiary/aromatic N) is 3. The zero-order chi connectivity index (χ0) is 22.0. The number of carbonyl (C=O) groups excluding carboxylic acids is 1. The maximum atomic E-state index is 11.6. The fourth-order valence-corrected chi connectivity index (χ4v) is 2.61. The summed E-state index contributed by atoms with van der Waals surface area (Å²) in [6.45, 7) is 4.55. The number of ether oxygens (including phenoxy) is 1. The Morgan fingerprint density at radius 1 is 1.34 bits per heavy atom. The smallest absolute Gasteiger partial charge is 0.475 e. The van der Waals surface area contributed by atoms with Crippen molar-refractivity contribution in [2.75, 3.05) is 42.7 Å². The molecule has 0 aromatic carbocycles. The van der Waals surface area contributed by atoms with Gasteiger partial charge in [0.2, 0.25) is 5.95 Å². The lowest BCUT2D eigenvalue weighted by Crippen LogP contribution is -2.37. The fraction of sp³-hybridized carbons (Fsp3) is 0.647. The van der Waals surface area contributed by atoms with Gasteiger partial charge in [-0.25, -0.2) is 4.79 Å². The van der Waals surface area contributed by atoms with Gasteiger partial charge in [0.1, 0.15) is 11.6 Å². The van der Waals surface area contributed by atoms with E-state index in [0.29, 0.717) is 0 Å². The van der Waals surface area contributed by atoms with Crippen molar-refractivity contribution < 1.29 is 32.6 Å². The Morgan fingerprint density at radius 2 is 1.93 bits per heavy atom. The number of hydrogen-bond donors (Lipinski definition) is 3. The Morgan fingerprint density at radius 3 is 2.41 bits per heavy atom. The number of carboxylic acids is 1. The van der Waals surface area contributed by atoms with Gasteiger partial charge in [-0.2, -0.15) is 23.1 Å². The Labute approximate surface area is 166 Å². The number of piperidine rings is 1. The molecule has 0 aliphatic carbocycles. The van der Waals surface area contributed by atoms with E-state index < -0.39 is 12.1 Å². The lowest BCUT2D eigenvalue weighted by Gasteiger charge is -2.31. The fourth-order valence-electron chi connectivity index (χ4n) is 2.61. The summed E-state index contributed by atoms with van der Waals surface area (Å²) in [6, 6.07) is 1.92. The third-order valence-electron chi connectivity index (χ3n) is 4.16. The topological polar surface area (TPSA) is 131 Å². The number of anilines is 3. The van der Waals surface area contributed by atoms with Gasteiger partial charge in [0.15, 0.2) is 0 Å². The molecule has 2 rings (SSSR count). The average molecular weight is 421 g/mol. The van der Waals surface area contributed by atoms with Crippen LogP contribution in [0.25, 0.3) is 0 Å². The highest BCUT2D eigenvalue weighted by Crippen LogP contribution is 2.24.